The average Bonchev–Trinajstić information content (AvgIpc) is 3.29. The van der Waals surface area contributed by atoms with E-state index in [0.717, 1.165) is 77.8 Å². The highest BCUT2D eigenvalue weighted by molar-refractivity contribution is 6.27. The summed E-state index contributed by atoms with van der Waals surface area (Å²) in [5.41, 5.74) is 0. The molecule has 10 nitrogen and oxygen atoms in total. The molecular weight excluding hydrogens is 394 g/mol. The van der Waals surface area contributed by atoms with Crippen LogP contribution in [0.4, 0.5) is 4.79 Å². The third kappa shape index (κ3) is 6.86. The molecule has 3 saturated heterocycles. The lowest BCUT2D eigenvalue weighted by Gasteiger charge is -2.42. The van der Waals surface area contributed by atoms with E-state index in [-0.39, 0.29) is 12.0 Å². The molecule has 2 N–H and O–H groups in total. The average molecular weight is 427 g/mol. The van der Waals surface area contributed by atoms with Crippen LogP contribution in [0.5, 0.6) is 0 Å². The van der Waals surface area contributed by atoms with Gasteiger partial charge in [0.05, 0.1) is 12.5 Å². The first-order chi connectivity index (χ1) is 14.3. The lowest BCUT2D eigenvalue weighted by Crippen LogP contribution is -2.51. The predicted molar refractivity (Wildman–Crippen MR) is 107 cm³/mol. The Morgan fingerprint density at radius 2 is 1.43 bits per heavy atom. The maximum Gasteiger partial charge on any atom is 0.414 e. The van der Waals surface area contributed by atoms with Crippen molar-refractivity contribution in [2.45, 2.75) is 51.5 Å². The number of likely N-dealkylation sites (tertiary alicyclic amines) is 3. The molecule has 0 aromatic carbocycles. The predicted octanol–water partition coefficient (Wildman–Crippen LogP) is 1.10. The minimum absolute atomic E-state index is 0.180. The van der Waals surface area contributed by atoms with E-state index in [2.05, 4.69) is 9.80 Å². The summed E-state index contributed by atoms with van der Waals surface area (Å²) in [6.45, 7) is 7.71. The molecule has 3 fully saturated rings. The van der Waals surface area contributed by atoms with Gasteiger partial charge in [0.25, 0.3) is 0 Å². The van der Waals surface area contributed by atoms with Gasteiger partial charge in [0.1, 0.15) is 0 Å². The molecule has 3 rings (SSSR count). The van der Waals surface area contributed by atoms with Gasteiger partial charge in [0, 0.05) is 38.8 Å². The Balaban J connectivity index is 0.000000469. The number of hydrogen-bond donors (Lipinski definition) is 2. The zero-order chi connectivity index (χ0) is 22.1. The molecule has 3 heterocycles. The molecule has 170 valence electrons. The summed E-state index contributed by atoms with van der Waals surface area (Å²) in [5, 5.41) is 14.8. The van der Waals surface area contributed by atoms with Crippen molar-refractivity contribution in [2.24, 2.45) is 5.92 Å². The number of hydrogen-bond acceptors (Lipinski definition) is 6. The molecule has 0 spiro atoms. The van der Waals surface area contributed by atoms with Gasteiger partial charge in [-0.25, -0.2) is 14.4 Å². The number of amides is 2. The van der Waals surface area contributed by atoms with Crippen molar-refractivity contribution in [3.8, 4) is 0 Å². The SMILES string of the molecule is CCOC(=O)N1CCC(N2CCCC(C(=O)N3CCCC3)C2)CC1.O=C(O)C(=O)O. The van der Waals surface area contributed by atoms with Crippen molar-refractivity contribution < 1.29 is 34.1 Å². The van der Waals surface area contributed by atoms with E-state index in [9.17, 15) is 9.59 Å². The van der Waals surface area contributed by atoms with Gasteiger partial charge in [-0.2, -0.15) is 0 Å². The second-order valence-electron chi connectivity index (χ2n) is 7.89. The fraction of sp³-hybridized carbons (Fsp3) is 0.800. The van der Waals surface area contributed by atoms with Crippen molar-refractivity contribution in [2.75, 3.05) is 45.9 Å². The van der Waals surface area contributed by atoms with Crippen LogP contribution in [0.3, 0.4) is 0 Å². The van der Waals surface area contributed by atoms with Gasteiger partial charge in [0.2, 0.25) is 5.91 Å². The summed E-state index contributed by atoms with van der Waals surface area (Å²) in [6, 6.07) is 0.504. The Morgan fingerprint density at radius 3 is 1.97 bits per heavy atom. The van der Waals surface area contributed by atoms with Crippen LogP contribution in [-0.4, -0.2) is 101 Å². The van der Waals surface area contributed by atoms with E-state index in [0.29, 0.717) is 18.6 Å². The number of piperidine rings is 2. The van der Waals surface area contributed by atoms with Crippen LogP contribution < -0.4 is 0 Å². The highest BCUT2D eigenvalue weighted by Gasteiger charge is 2.34. The molecule has 0 saturated carbocycles. The minimum Gasteiger partial charge on any atom is -0.473 e. The van der Waals surface area contributed by atoms with Crippen LogP contribution in [-0.2, 0) is 19.1 Å². The van der Waals surface area contributed by atoms with Crippen LogP contribution >= 0.6 is 0 Å². The second-order valence-corrected chi connectivity index (χ2v) is 7.89. The van der Waals surface area contributed by atoms with Gasteiger partial charge < -0.3 is 24.7 Å². The van der Waals surface area contributed by atoms with Crippen molar-refractivity contribution in [3.05, 3.63) is 0 Å². The smallest absolute Gasteiger partial charge is 0.414 e. The Labute approximate surface area is 176 Å². The minimum atomic E-state index is -1.82. The van der Waals surface area contributed by atoms with Gasteiger partial charge in [0.15, 0.2) is 0 Å². The fourth-order valence-electron chi connectivity index (χ4n) is 4.36. The third-order valence-electron chi connectivity index (χ3n) is 5.91. The lowest BCUT2D eigenvalue weighted by molar-refractivity contribution is -0.159. The highest BCUT2D eigenvalue weighted by atomic mass is 16.6. The standard InChI is InChI=1S/C18H31N3O3.C2H2O4/c1-2-24-18(23)20-12-7-16(8-13-20)21-11-5-6-15(14-21)17(22)19-9-3-4-10-19;3-1(4)2(5)6/h15-16H,2-14H2,1H3;(H,3,4)(H,5,6). The molecule has 3 aliphatic heterocycles. The monoisotopic (exact) mass is 427 g/mol. The quantitative estimate of drug-likeness (QED) is 0.641. The van der Waals surface area contributed by atoms with Crippen molar-refractivity contribution in [1.29, 1.82) is 0 Å². The number of nitrogens with zero attached hydrogens (tertiary/aromatic N) is 3. The molecule has 1 unspecified atom stereocenters. The molecule has 0 aromatic heterocycles. The molecule has 0 radical (unpaired) electrons. The van der Waals surface area contributed by atoms with E-state index in [1.165, 1.54) is 0 Å². The number of carbonyl (C=O) groups excluding carboxylic acids is 2. The first-order valence-electron chi connectivity index (χ1n) is 10.7. The number of carboxylic acids is 2. The number of ether oxygens (including phenoxy) is 1. The number of aliphatic carboxylic acids is 2. The maximum atomic E-state index is 12.7. The van der Waals surface area contributed by atoms with E-state index in [1.54, 1.807) is 0 Å². The van der Waals surface area contributed by atoms with E-state index < -0.39 is 11.9 Å². The first-order valence-corrected chi connectivity index (χ1v) is 10.7. The Kier molecular flexibility index (Phi) is 9.35. The summed E-state index contributed by atoms with van der Waals surface area (Å²) in [6.07, 6.45) is 6.27. The van der Waals surface area contributed by atoms with Crippen LogP contribution in [0.15, 0.2) is 0 Å². The van der Waals surface area contributed by atoms with Crippen LogP contribution in [0.25, 0.3) is 0 Å². The zero-order valence-electron chi connectivity index (χ0n) is 17.6. The molecule has 1 atom stereocenters. The van der Waals surface area contributed by atoms with Crippen molar-refractivity contribution in [1.82, 2.24) is 14.7 Å². The highest BCUT2D eigenvalue weighted by Crippen LogP contribution is 2.26. The molecule has 10 heteroatoms. The Hall–Kier alpha value is -2.36. The van der Waals surface area contributed by atoms with E-state index in [1.807, 2.05) is 11.8 Å². The molecule has 30 heavy (non-hydrogen) atoms. The van der Waals surface area contributed by atoms with Gasteiger partial charge in [-0.1, -0.05) is 0 Å². The topological polar surface area (TPSA) is 128 Å². The molecule has 2 amide bonds. The van der Waals surface area contributed by atoms with Gasteiger partial charge in [-0.05, 0) is 52.0 Å². The van der Waals surface area contributed by atoms with Crippen LogP contribution in [0.1, 0.15) is 45.4 Å². The largest absolute Gasteiger partial charge is 0.473 e. The normalized spacial score (nSPS) is 22.8. The summed E-state index contributed by atoms with van der Waals surface area (Å²) in [7, 11) is 0. The fourth-order valence-corrected chi connectivity index (χ4v) is 4.36. The summed E-state index contributed by atoms with van der Waals surface area (Å²) < 4.78 is 5.09. The second kappa shape index (κ2) is 11.7. The number of carboxylic acid groups (broad SMARTS) is 2. The third-order valence-corrected chi connectivity index (χ3v) is 5.91. The van der Waals surface area contributed by atoms with E-state index in [4.69, 9.17) is 24.5 Å². The molecule has 0 bridgehead atoms. The molecule has 3 aliphatic rings. The summed E-state index contributed by atoms with van der Waals surface area (Å²) in [4.78, 5) is 49.1. The van der Waals surface area contributed by atoms with Crippen LogP contribution in [0.2, 0.25) is 0 Å². The number of carbonyl (C=O) groups is 4. The van der Waals surface area contributed by atoms with E-state index >= 15 is 0 Å². The van der Waals surface area contributed by atoms with Gasteiger partial charge in [-0.15, -0.1) is 0 Å². The summed E-state index contributed by atoms with van der Waals surface area (Å²) in [5.74, 6) is -3.09. The molecule has 0 aromatic rings. The van der Waals surface area contributed by atoms with Gasteiger partial charge >= 0.3 is 18.0 Å². The van der Waals surface area contributed by atoms with Crippen LogP contribution in [0, 0.1) is 5.92 Å². The molecular formula is C20H33N3O7. The number of rotatable bonds is 3. The Bertz CT molecular complexity index is 602. The van der Waals surface area contributed by atoms with Crippen molar-refractivity contribution in [3.63, 3.8) is 0 Å². The first kappa shape index (κ1) is 23.9. The molecule has 0 aliphatic carbocycles. The Morgan fingerprint density at radius 1 is 0.833 bits per heavy atom. The lowest BCUT2D eigenvalue weighted by atomic mass is 9.93. The van der Waals surface area contributed by atoms with Crippen molar-refractivity contribution >= 4 is 23.9 Å². The van der Waals surface area contributed by atoms with Gasteiger partial charge in [-0.3, -0.25) is 9.69 Å². The summed E-state index contributed by atoms with van der Waals surface area (Å²) >= 11 is 0. The zero-order valence-corrected chi connectivity index (χ0v) is 17.6. The maximum absolute atomic E-state index is 12.7.